The van der Waals surface area contributed by atoms with Crippen molar-refractivity contribution >= 4 is 15.7 Å². The number of hydrogen-bond donors (Lipinski definition) is 2. The van der Waals surface area contributed by atoms with E-state index in [1.165, 1.54) is 6.07 Å². The average Bonchev–Trinajstić information content (AvgIpc) is 2.26. The molecule has 0 aliphatic rings. The normalized spacial score (nSPS) is 12.9. The van der Waals surface area contributed by atoms with Crippen molar-refractivity contribution in [1.29, 1.82) is 0 Å². The minimum Gasteiger partial charge on any atom is -0.399 e. The lowest BCUT2D eigenvalue weighted by atomic mass is 9.81. The van der Waals surface area contributed by atoms with Crippen LogP contribution in [-0.2, 0) is 10.0 Å². The molecule has 4 nitrogen and oxygen atoms in total. The van der Waals surface area contributed by atoms with E-state index in [4.69, 9.17) is 5.73 Å². The summed E-state index contributed by atoms with van der Waals surface area (Å²) in [6.45, 7) is 8.64. The van der Waals surface area contributed by atoms with E-state index in [9.17, 15) is 8.42 Å². The summed E-state index contributed by atoms with van der Waals surface area (Å²) in [7, 11) is -3.48. The lowest BCUT2D eigenvalue weighted by molar-refractivity contribution is 0.252. The Balaban J connectivity index is 2.84. The van der Waals surface area contributed by atoms with Crippen molar-refractivity contribution in [3.05, 3.63) is 24.3 Å². The number of nitrogens with two attached hydrogens (primary N) is 1. The molecule has 0 atom stereocenters. The zero-order valence-electron chi connectivity index (χ0n) is 11.4. The predicted molar refractivity (Wildman–Crippen MR) is 74.7 cm³/mol. The van der Waals surface area contributed by atoms with E-state index >= 15 is 0 Å². The molecule has 1 rings (SSSR count). The Morgan fingerprint density at radius 3 is 2.44 bits per heavy atom. The van der Waals surface area contributed by atoms with Crippen LogP contribution in [0.1, 0.15) is 27.7 Å². The number of hydrogen-bond acceptors (Lipinski definition) is 3. The Morgan fingerprint density at radius 2 is 1.94 bits per heavy atom. The minimum absolute atomic E-state index is 0.0899. The zero-order valence-corrected chi connectivity index (χ0v) is 12.2. The van der Waals surface area contributed by atoms with Crippen LogP contribution in [0.4, 0.5) is 5.69 Å². The summed E-state index contributed by atoms with van der Waals surface area (Å²) in [5.41, 5.74) is 5.95. The van der Waals surface area contributed by atoms with Crippen LogP contribution in [0.15, 0.2) is 29.2 Å². The summed E-state index contributed by atoms with van der Waals surface area (Å²) in [6.07, 6.45) is 0. The first-order valence-corrected chi connectivity index (χ1v) is 7.49. The molecule has 5 heteroatoms. The highest BCUT2D eigenvalue weighted by Gasteiger charge is 2.25. The lowest BCUT2D eigenvalue weighted by Gasteiger charge is -2.29. The molecule has 0 radical (unpaired) electrons. The third-order valence-electron chi connectivity index (χ3n) is 3.45. The third kappa shape index (κ3) is 3.71. The van der Waals surface area contributed by atoms with Gasteiger partial charge >= 0.3 is 0 Å². The van der Waals surface area contributed by atoms with Gasteiger partial charge in [-0.3, -0.25) is 0 Å². The molecule has 0 unspecified atom stereocenters. The Bertz CT molecular complexity index is 507. The summed E-state index contributed by atoms with van der Waals surface area (Å²) in [6, 6.07) is 6.31. The van der Waals surface area contributed by atoms with Crippen LogP contribution in [0.25, 0.3) is 0 Å². The number of benzene rings is 1. The van der Waals surface area contributed by atoms with Crippen LogP contribution in [0.5, 0.6) is 0 Å². The van der Waals surface area contributed by atoms with Gasteiger partial charge in [0.05, 0.1) is 4.90 Å². The third-order valence-corrected chi connectivity index (χ3v) is 4.85. The van der Waals surface area contributed by atoms with E-state index in [1.807, 2.05) is 13.8 Å². The molecule has 0 aromatic heterocycles. The first-order valence-electron chi connectivity index (χ1n) is 6.00. The van der Waals surface area contributed by atoms with Crippen molar-refractivity contribution in [2.45, 2.75) is 32.6 Å². The van der Waals surface area contributed by atoms with Gasteiger partial charge in [0.15, 0.2) is 0 Å². The number of rotatable bonds is 5. The second kappa shape index (κ2) is 5.28. The van der Waals surface area contributed by atoms with Gasteiger partial charge in [-0.2, -0.15) is 0 Å². The summed E-state index contributed by atoms with van der Waals surface area (Å²) >= 11 is 0. The summed E-state index contributed by atoms with van der Waals surface area (Å²) < 4.78 is 26.8. The van der Waals surface area contributed by atoms with Crippen LogP contribution >= 0.6 is 0 Å². The van der Waals surface area contributed by atoms with Crippen molar-refractivity contribution in [2.24, 2.45) is 11.3 Å². The Labute approximate surface area is 110 Å². The quantitative estimate of drug-likeness (QED) is 0.806. The molecule has 102 valence electrons. The predicted octanol–water partition coefficient (Wildman–Crippen LogP) is 2.23. The Kier molecular flexibility index (Phi) is 4.40. The number of nitrogens with one attached hydrogen (secondary N) is 1. The maximum atomic E-state index is 12.1. The molecule has 0 amide bonds. The van der Waals surface area contributed by atoms with Gasteiger partial charge in [-0.1, -0.05) is 33.8 Å². The van der Waals surface area contributed by atoms with Gasteiger partial charge in [-0.25, -0.2) is 13.1 Å². The van der Waals surface area contributed by atoms with Crippen LogP contribution in [0.2, 0.25) is 0 Å². The van der Waals surface area contributed by atoms with Gasteiger partial charge in [0.2, 0.25) is 10.0 Å². The first-order chi connectivity index (χ1) is 8.15. The molecular weight excluding hydrogens is 248 g/mol. The Hall–Kier alpha value is -1.07. The molecule has 0 saturated carbocycles. The monoisotopic (exact) mass is 270 g/mol. The summed E-state index contributed by atoms with van der Waals surface area (Å²) in [5.74, 6) is 0.390. The van der Waals surface area contributed by atoms with E-state index in [1.54, 1.807) is 18.2 Å². The van der Waals surface area contributed by atoms with Gasteiger partial charge in [0, 0.05) is 12.2 Å². The van der Waals surface area contributed by atoms with Crippen LogP contribution in [0.3, 0.4) is 0 Å². The average molecular weight is 270 g/mol. The molecule has 0 saturated heterocycles. The van der Waals surface area contributed by atoms with Crippen molar-refractivity contribution in [3.63, 3.8) is 0 Å². The fourth-order valence-corrected chi connectivity index (χ4v) is 2.53. The smallest absolute Gasteiger partial charge is 0.240 e. The largest absolute Gasteiger partial charge is 0.399 e. The van der Waals surface area contributed by atoms with E-state index in [0.717, 1.165) is 0 Å². The molecule has 1 aromatic carbocycles. The molecule has 18 heavy (non-hydrogen) atoms. The molecule has 0 heterocycles. The highest BCUT2D eigenvalue weighted by Crippen LogP contribution is 2.25. The topological polar surface area (TPSA) is 72.2 Å². The summed E-state index contributed by atoms with van der Waals surface area (Å²) in [4.78, 5) is 0.210. The van der Waals surface area contributed by atoms with E-state index < -0.39 is 10.0 Å². The fraction of sp³-hybridized carbons (Fsp3) is 0.538. The molecule has 0 aliphatic heterocycles. The van der Waals surface area contributed by atoms with Crippen LogP contribution in [-0.4, -0.2) is 15.0 Å². The molecule has 0 fully saturated rings. The maximum Gasteiger partial charge on any atom is 0.240 e. The highest BCUT2D eigenvalue weighted by atomic mass is 32.2. The highest BCUT2D eigenvalue weighted by molar-refractivity contribution is 7.89. The first kappa shape index (κ1) is 15.0. The van der Waals surface area contributed by atoms with Crippen LogP contribution < -0.4 is 10.5 Å². The second-order valence-electron chi connectivity index (χ2n) is 5.54. The van der Waals surface area contributed by atoms with Gasteiger partial charge in [0.25, 0.3) is 0 Å². The fourth-order valence-electron chi connectivity index (χ4n) is 1.25. The second-order valence-corrected chi connectivity index (χ2v) is 7.31. The number of anilines is 1. The van der Waals surface area contributed by atoms with Crippen molar-refractivity contribution in [2.75, 3.05) is 12.3 Å². The van der Waals surface area contributed by atoms with Crippen LogP contribution in [0, 0.1) is 11.3 Å². The molecular formula is C13H22N2O2S. The van der Waals surface area contributed by atoms with Crippen molar-refractivity contribution in [1.82, 2.24) is 4.72 Å². The SMILES string of the molecule is CC(C)C(C)(C)CNS(=O)(=O)c1cccc(N)c1. The van der Waals surface area contributed by atoms with Gasteiger partial charge in [-0.05, 0) is 29.5 Å². The van der Waals surface area contributed by atoms with Gasteiger partial charge in [0.1, 0.15) is 0 Å². The molecule has 1 aromatic rings. The lowest BCUT2D eigenvalue weighted by Crippen LogP contribution is -2.36. The maximum absolute atomic E-state index is 12.1. The molecule has 3 N–H and O–H groups in total. The van der Waals surface area contributed by atoms with Gasteiger partial charge < -0.3 is 5.73 Å². The molecule has 0 bridgehead atoms. The van der Waals surface area contributed by atoms with E-state index in [-0.39, 0.29) is 10.3 Å². The van der Waals surface area contributed by atoms with Gasteiger partial charge in [-0.15, -0.1) is 0 Å². The number of sulfonamides is 1. The Morgan fingerprint density at radius 1 is 1.33 bits per heavy atom. The molecule has 0 spiro atoms. The standard InChI is InChI=1S/C13H22N2O2S/c1-10(2)13(3,4)9-15-18(16,17)12-7-5-6-11(14)8-12/h5-8,10,15H,9,14H2,1-4H3. The van der Waals surface area contributed by atoms with Crippen molar-refractivity contribution < 1.29 is 8.42 Å². The number of nitrogen functional groups attached to an aromatic ring is 1. The van der Waals surface area contributed by atoms with E-state index in [2.05, 4.69) is 18.6 Å². The summed E-state index contributed by atoms with van der Waals surface area (Å²) in [5, 5.41) is 0. The molecule has 0 aliphatic carbocycles. The van der Waals surface area contributed by atoms with Crippen molar-refractivity contribution in [3.8, 4) is 0 Å². The zero-order chi connectivity index (χ0) is 14.0. The van der Waals surface area contributed by atoms with E-state index in [0.29, 0.717) is 18.2 Å². The minimum atomic E-state index is -3.48.